The van der Waals surface area contributed by atoms with E-state index in [2.05, 4.69) is 15.4 Å². The molecule has 0 bridgehead atoms. The molecule has 3 rings (SSSR count). The highest BCUT2D eigenvalue weighted by Gasteiger charge is 2.45. The van der Waals surface area contributed by atoms with Crippen LogP contribution in [0.1, 0.15) is 29.0 Å². The summed E-state index contributed by atoms with van der Waals surface area (Å²) < 4.78 is 7.33. The number of carbonyl (C=O) groups is 1. The Bertz CT molecular complexity index is 752. The van der Waals surface area contributed by atoms with Crippen LogP contribution in [0.5, 0.6) is 5.75 Å². The molecule has 0 radical (unpaired) electrons. The third-order valence-electron chi connectivity index (χ3n) is 4.77. The van der Waals surface area contributed by atoms with Crippen LogP contribution in [-0.4, -0.2) is 56.2 Å². The van der Waals surface area contributed by atoms with Crippen LogP contribution in [0.3, 0.4) is 0 Å². The monoisotopic (exact) mass is 360 g/mol. The number of rotatable bonds is 6. The standard InChI is InChI=1S/C18H24N4O4/c1-12-6-14(22(2)21-12)17(25)20-10-18(7-15(23)16(24)8-18)11-26-13-4-3-5-19-9-13/h3-6,9,15-16,23-24H,7-8,10-11H2,1-2H3,(H,20,25)/t15-,16+,18?. The topological polar surface area (TPSA) is 110 Å². The Morgan fingerprint density at radius 2 is 2.15 bits per heavy atom. The van der Waals surface area contributed by atoms with E-state index in [4.69, 9.17) is 4.74 Å². The lowest BCUT2D eigenvalue weighted by Gasteiger charge is -2.29. The lowest BCUT2D eigenvalue weighted by atomic mass is 9.86. The van der Waals surface area contributed by atoms with E-state index in [0.29, 0.717) is 24.3 Å². The molecule has 0 aliphatic heterocycles. The van der Waals surface area contributed by atoms with Crippen LogP contribution in [0.25, 0.3) is 0 Å². The molecule has 1 fully saturated rings. The third kappa shape index (κ3) is 4.03. The first-order chi connectivity index (χ1) is 12.4. The normalized spacial score (nSPS) is 25.2. The van der Waals surface area contributed by atoms with Crippen molar-refractivity contribution in [1.82, 2.24) is 20.1 Å². The smallest absolute Gasteiger partial charge is 0.269 e. The SMILES string of the molecule is Cc1cc(C(=O)NCC2(COc3cccnc3)C[C@@H](O)[C@@H](O)C2)n(C)n1. The molecule has 3 N–H and O–H groups in total. The first kappa shape index (κ1) is 18.3. The molecule has 0 saturated heterocycles. The lowest BCUT2D eigenvalue weighted by molar-refractivity contribution is 0.0438. The number of ether oxygens (including phenoxy) is 1. The van der Waals surface area contributed by atoms with Gasteiger partial charge in [-0.15, -0.1) is 0 Å². The number of aliphatic hydroxyl groups is 2. The van der Waals surface area contributed by atoms with E-state index in [1.54, 1.807) is 37.6 Å². The molecule has 2 aromatic heterocycles. The van der Waals surface area contributed by atoms with Crippen LogP contribution >= 0.6 is 0 Å². The van der Waals surface area contributed by atoms with E-state index < -0.39 is 17.6 Å². The van der Waals surface area contributed by atoms with Crippen molar-refractivity contribution in [2.45, 2.75) is 32.0 Å². The number of aromatic nitrogens is 3. The maximum absolute atomic E-state index is 12.5. The largest absolute Gasteiger partial charge is 0.491 e. The fourth-order valence-electron chi connectivity index (χ4n) is 3.41. The number of hydrogen-bond acceptors (Lipinski definition) is 6. The van der Waals surface area contributed by atoms with Crippen molar-refractivity contribution in [1.29, 1.82) is 0 Å². The predicted octanol–water partition coefficient (Wildman–Crippen LogP) is 0.434. The summed E-state index contributed by atoms with van der Waals surface area (Å²) in [6, 6.07) is 5.28. The summed E-state index contributed by atoms with van der Waals surface area (Å²) in [7, 11) is 1.71. The van der Waals surface area contributed by atoms with Crippen LogP contribution in [0.2, 0.25) is 0 Å². The molecule has 8 heteroatoms. The van der Waals surface area contributed by atoms with Gasteiger partial charge in [0.25, 0.3) is 5.91 Å². The summed E-state index contributed by atoms with van der Waals surface area (Å²) >= 11 is 0. The fraction of sp³-hybridized carbons (Fsp3) is 0.500. The molecule has 1 unspecified atom stereocenters. The van der Waals surface area contributed by atoms with Crippen LogP contribution in [-0.2, 0) is 7.05 Å². The second-order valence-corrected chi connectivity index (χ2v) is 7.00. The van der Waals surface area contributed by atoms with Crippen LogP contribution in [0.15, 0.2) is 30.6 Å². The minimum absolute atomic E-state index is 0.246. The average molecular weight is 360 g/mol. The van der Waals surface area contributed by atoms with Gasteiger partial charge in [0.1, 0.15) is 11.4 Å². The van der Waals surface area contributed by atoms with E-state index in [1.165, 1.54) is 4.68 Å². The summed E-state index contributed by atoms with van der Waals surface area (Å²) in [5.74, 6) is 0.362. The number of pyridine rings is 1. The molecule has 3 atom stereocenters. The molecule has 8 nitrogen and oxygen atoms in total. The number of nitrogens with zero attached hydrogens (tertiary/aromatic N) is 3. The van der Waals surface area contributed by atoms with Gasteiger partial charge in [-0.05, 0) is 38.0 Å². The van der Waals surface area contributed by atoms with Gasteiger partial charge in [-0.1, -0.05) is 0 Å². The molecule has 2 heterocycles. The molecule has 26 heavy (non-hydrogen) atoms. The highest BCUT2D eigenvalue weighted by molar-refractivity contribution is 5.92. The zero-order valence-electron chi connectivity index (χ0n) is 14.9. The van der Waals surface area contributed by atoms with E-state index in [0.717, 1.165) is 5.69 Å². The number of amides is 1. The first-order valence-corrected chi connectivity index (χ1v) is 8.56. The summed E-state index contributed by atoms with van der Waals surface area (Å²) in [5.41, 5.74) is 0.668. The molecule has 1 aliphatic rings. The molecule has 0 spiro atoms. The van der Waals surface area contributed by atoms with Crippen molar-refractivity contribution in [3.05, 3.63) is 42.0 Å². The summed E-state index contributed by atoms with van der Waals surface area (Å²) in [6.45, 7) is 2.37. The molecule has 1 saturated carbocycles. The minimum Gasteiger partial charge on any atom is -0.491 e. The van der Waals surface area contributed by atoms with Crippen LogP contribution in [0.4, 0.5) is 0 Å². The van der Waals surface area contributed by atoms with Gasteiger partial charge in [-0.3, -0.25) is 14.5 Å². The van der Waals surface area contributed by atoms with Gasteiger partial charge in [0.15, 0.2) is 0 Å². The Morgan fingerprint density at radius 1 is 1.42 bits per heavy atom. The molecular formula is C18H24N4O4. The Balaban J connectivity index is 1.68. The third-order valence-corrected chi connectivity index (χ3v) is 4.77. The van der Waals surface area contributed by atoms with Crippen molar-refractivity contribution in [2.75, 3.05) is 13.2 Å². The lowest BCUT2D eigenvalue weighted by Crippen LogP contribution is -2.41. The maximum atomic E-state index is 12.5. The Kier molecular flexibility index (Phi) is 5.24. The van der Waals surface area contributed by atoms with Crippen LogP contribution in [0, 0.1) is 12.3 Å². The zero-order chi connectivity index (χ0) is 18.7. The molecule has 0 aromatic carbocycles. The average Bonchev–Trinajstić information content (AvgIpc) is 3.11. The molecule has 2 aromatic rings. The second-order valence-electron chi connectivity index (χ2n) is 7.00. The highest BCUT2D eigenvalue weighted by Crippen LogP contribution is 2.38. The first-order valence-electron chi connectivity index (χ1n) is 8.56. The van der Waals surface area contributed by atoms with E-state index >= 15 is 0 Å². The number of carbonyl (C=O) groups excluding carboxylic acids is 1. The molecular weight excluding hydrogens is 336 g/mol. The molecule has 140 valence electrons. The molecule has 1 aliphatic carbocycles. The zero-order valence-corrected chi connectivity index (χ0v) is 14.9. The van der Waals surface area contributed by atoms with Gasteiger partial charge in [0.2, 0.25) is 0 Å². The number of hydrogen-bond donors (Lipinski definition) is 3. The number of aliphatic hydroxyl groups excluding tert-OH is 2. The minimum atomic E-state index is -0.830. The van der Waals surface area contributed by atoms with Gasteiger partial charge in [0.05, 0.1) is 30.7 Å². The van der Waals surface area contributed by atoms with Crippen molar-refractivity contribution in [3.8, 4) is 5.75 Å². The summed E-state index contributed by atoms with van der Waals surface area (Å²) in [5, 5.41) is 27.1. The van der Waals surface area contributed by atoms with Gasteiger partial charge < -0.3 is 20.3 Å². The second kappa shape index (κ2) is 7.43. The quantitative estimate of drug-likeness (QED) is 0.689. The van der Waals surface area contributed by atoms with Gasteiger partial charge in [-0.25, -0.2) is 0 Å². The van der Waals surface area contributed by atoms with Crippen LogP contribution < -0.4 is 10.1 Å². The summed E-state index contributed by atoms with van der Waals surface area (Å²) in [4.78, 5) is 16.5. The van der Waals surface area contributed by atoms with Gasteiger partial charge in [0, 0.05) is 25.2 Å². The van der Waals surface area contributed by atoms with Gasteiger partial charge in [-0.2, -0.15) is 5.10 Å². The van der Waals surface area contributed by atoms with E-state index in [9.17, 15) is 15.0 Å². The Morgan fingerprint density at radius 3 is 2.73 bits per heavy atom. The van der Waals surface area contributed by atoms with Crippen molar-refractivity contribution >= 4 is 5.91 Å². The van der Waals surface area contributed by atoms with Crippen molar-refractivity contribution in [3.63, 3.8) is 0 Å². The summed E-state index contributed by atoms with van der Waals surface area (Å²) in [6.07, 6.45) is 2.29. The van der Waals surface area contributed by atoms with Crippen molar-refractivity contribution < 1.29 is 19.7 Å². The molecule has 1 amide bonds. The fourth-order valence-corrected chi connectivity index (χ4v) is 3.41. The Labute approximate surface area is 151 Å². The van der Waals surface area contributed by atoms with Crippen molar-refractivity contribution in [2.24, 2.45) is 12.5 Å². The maximum Gasteiger partial charge on any atom is 0.269 e. The number of nitrogens with one attached hydrogen (secondary N) is 1. The predicted molar refractivity (Wildman–Crippen MR) is 93.7 cm³/mol. The van der Waals surface area contributed by atoms with Gasteiger partial charge >= 0.3 is 0 Å². The highest BCUT2D eigenvalue weighted by atomic mass is 16.5. The van der Waals surface area contributed by atoms with E-state index in [1.807, 2.05) is 6.92 Å². The number of aryl methyl sites for hydroxylation is 2. The Hall–Kier alpha value is -2.45. The van der Waals surface area contributed by atoms with E-state index in [-0.39, 0.29) is 19.1 Å².